The molecule has 12 nitrogen and oxygen atoms in total. The quantitative estimate of drug-likeness (QED) is 0.126. The molecule has 5 aliphatic rings. The molecule has 0 unspecified atom stereocenters. The summed E-state index contributed by atoms with van der Waals surface area (Å²) in [5, 5.41) is 1.17. The zero-order valence-electron chi connectivity index (χ0n) is 32.2. The van der Waals surface area contributed by atoms with E-state index in [-0.39, 0.29) is 97.5 Å². The Bertz CT molecular complexity index is 2350. The molecule has 5 atom stereocenters. The van der Waals surface area contributed by atoms with Crippen molar-refractivity contribution >= 4 is 59.4 Å². The van der Waals surface area contributed by atoms with Gasteiger partial charge in [-0.05, 0) is 53.0 Å². The van der Waals surface area contributed by atoms with Crippen molar-refractivity contribution in [3.8, 4) is 38.3 Å². The van der Waals surface area contributed by atoms with Crippen molar-refractivity contribution in [3.63, 3.8) is 0 Å². The first-order chi connectivity index (χ1) is 27.4. The molecule has 0 N–H and O–H groups in total. The summed E-state index contributed by atoms with van der Waals surface area (Å²) in [4.78, 5) is 34.1. The number of rotatable bonds is 7. The molecule has 9 rings (SSSR count). The summed E-state index contributed by atoms with van der Waals surface area (Å²) in [5.74, 6) is 2.38. The van der Waals surface area contributed by atoms with Crippen molar-refractivity contribution in [1.82, 2.24) is 24.8 Å². The summed E-state index contributed by atoms with van der Waals surface area (Å²) in [6.07, 6.45) is 2.11. The Labute approximate surface area is 344 Å². The number of methoxy groups -OCH3 is 1. The average molecular weight is 976 g/mol. The third-order valence-corrected chi connectivity index (χ3v) is 12.4. The van der Waals surface area contributed by atoms with Gasteiger partial charge in [-0.3, -0.25) is 9.80 Å². The van der Waals surface area contributed by atoms with Crippen LogP contribution in [-0.4, -0.2) is 139 Å². The summed E-state index contributed by atoms with van der Waals surface area (Å²) in [6.45, 7) is 7.17. The number of aromatic nitrogens is 3. The fourth-order valence-corrected chi connectivity index (χ4v) is 10.1. The number of fused-ring (bicyclic) bond motifs is 7. The first kappa shape index (κ1) is 38.4. The fraction of sp³-hybridized carbons (Fsp3) is 0.512. The fourth-order valence-electron chi connectivity index (χ4n) is 9.56. The van der Waals surface area contributed by atoms with E-state index >= 15 is 8.78 Å². The van der Waals surface area contributed by atoms with Crippen LogP contribution in [0.2, 0.25) is 0 Å². The number of pyridine rings is 1. The molecule has 4 fully saturated rings. The molecule has 1 amide bonds. The molecule has 4 aromatic rings. The van der Waals surface area contributed by atoms with E-state index < -0.39 is 41.1 Å². The Hall–Kier alpha value is -4.15. The first-order valence-electron chi connectivity index (χ1n) is 19.3. The number of alkyl halides is 1. The number of anilines is 1. The standard InChI is InChI=1S/C41H42F3N6O6.Tl/c1-6-26-28(43)10-8-22-14-25(55-21-52-5)15-27(31(22)26)34-33(44)35-32-36(47-38(46-35)54-20-41-12-7-13-48(41)17-23(42)16-41)49-18-24-9-11-29(30(49)19-53-37(32)45-34)50(24)39(51)56-40(2,3)4;/h8,10,14-15,23-24,29-30H,7,9,11-13,16-21H2,2-5H3;/t23-,24+,29-,30+,41-;/m0./s1. The van der Waals surface area contributed by atoms with Crippen LogP contribution in [0.25, 0.3) is 32.9 Å². The number of carbonyl (C=O) groups is 1. The number of hydrogen-bond donors (Lipinski definition) is 0. The Morgan fingerprint density at radius 1 is 1.09 bits per heavy atom. The monoisotopic (exact) mass is 976 g/mol. The Kier molecular flexibility index (Phi) is 9.83. The Morgan fingerprint density at radius 3 is 2.72 bits per heavy atom. The minimum absolute atomic E-state index is 0.0674. The van der Waals surface area contributed by atoms with Crippen LogP contribution in [0.15, 0.2) is 24.3 Å². The maximum absolute atomic E-state index is 17.6. The summed E-state index contributed by atoms with van der Waals surface area (Å²) < 4.78 is 80.7. The van der Waals surface area contributed by atoms with E-state index in [0.717, 1.165) is 25.8 Å². The Balaban J connectivity index is 1.22. The van der Waals surface area contributed by atoms with Crippen LogP contribution >= 0.6 is 0 Å². The second-order valence-corrected chi connectivity index (χ2v) is 17.6. The second-order valence-electron chi connectivity index (χ2n) is 16.5. The third-order valence-electron chi connectivity index (χ3n) is 11.8. The van der Waals surface area contributed by atoms with Gasteiger partial charge in [0, 0.05) is 13.0 Å². The van der Waals surface area contributed by atoms with Crippen molar-refractivity contribution < 1.29 is 41.7 Å². The van der Waals surface area contributed by atoms with Gasteiger partial charge in [-0.15, -0.1) is 0 Å². The van der Waals surface area contributed by atoms with Gasteiger partial charge >= 0.3 is 232 Å². The predicted molar refractivity (Wildman–Crippen MR) is 205 cm³/mol. The van der Waals surface area contributed by atoms with E-state index in [2.05, 4.69) is 19.2 Å². The van der Waals surface area contributed by atoms with Gasteiger partial charge in [-0.2, -0.15) is 0 Å². The van der Waals surface area contributed by atoms with E-state index in [1.807, 2.05) is 25.7 Å². The Morgan fingerprint density at radius 2 is 1.93 bits per heavy atom. The molecule has 0 aliphatic carbocycles. The molecular weight excluding hydrogens is 934 g/mol. The average Bonchev–Trinajstić information content (AvgIpc) is 3.78. The molecule has 0 radical (unpaired) electrons. The van der Waals surface area contributed by atoms with Gasteiger partial charge in [0.15, 0.2) is 0 Å². The number of nitrogens with zero attached hydrogens (tertiary/aromatic N) is 6. The molecule has 2 aromatic heterocycles. The van der Waals surface area contributed by atoms with E-state index in [0.29, 0.717) is 48.3 Å². The number of halogens is 3. The number of benzene rings is 2. The second kappa shape index (κ2) is 14.6. The molecule has 2 bridgehead atoms. The van der Waals surface area contributed by atoms with Crippen molar-refractivity contribution in [2.75, 3.05) is 51.7 Å². The van der Waals surface area contributed by atoms with E-state index in [4.69, 9.17) is 38.6 Å². The maximum atomic E-state index is 17.6. The van der Waals surface area contributed by atoms with E-state index in [1.165, 1.54) is 13.2 Å². The zero-order chi connectivity index (χ0) is 39.8. The topological polar surface area (TPSA) is 112 Å². The minimum atomic E-state index is -0.965. The predicted octanol–water partition coefficient (Wildman–Crippen LogP) is 5.89. The van der Waals surface area contributed by atoms with Gasteiger partial charge in [-0.1, -0.05) is 0 Å². The van der Waals surface area contributed by atoms with Crippen molar-refractivity contribution in [3.05, 3.63) is 41.5 Å². The summed E-state index contributed by atoms with van der Waals surface area (Å²) in [7, 11) is 1.49. The van der Waals surface area contributed by atoms with Crippen LogP contribution in [0.4, 0.5) is 23.8 Å². The zero-order valence-corrected chi connectivity index (χ0v) is 36.7. The van der Waals surface area contributed by atoms with Gasteiger partial charge in [0.1, 0.15) is 11.8 Å². The third kappa shape index (κ3) is 6.68. The van der Waals surface area contributed by atoms with E-state index in [1.54, 1.807) is 18.2 Å². The first-order valence-corrected chi connectivity index (χ1v) is 21.6. The number of amides is 1. The van der Waals surface area contributed by atoms with Gasteiger partial charge in [0.2, 0.25) is 0 Å². The molecule has 5 aliphatic heterocycles. The SMILES string of the molecule is COCOc1cc(-c2nc3c4c(nc(OC[C@@]56CCCN5C[C@@H](F)C6)nc4c2F)N2C[C@H]4CC[C@@H]([C@H]2CO3)N4C(=O)OC(C)(C)C)c2c(C#[C][Tl])c(F)ccc2c1. The van der Waals surface area contributed by atoms with Crippen LogP contribution in [0.3, 0.4) is 0 Å². The summed E-state index contributed by atoms with van der Waals surface area (Å²) in [5.41, 5.74) is -1.11. The number of piperazine rings is 1. The van der Waals surface area contributed by atoms with Gasteiger partial charge in [-0.25, -0.2) is 9.18 Å². The number of hydrogen-bond acceptors (Lipinski definition) is 11. The molecule has 296 valence electrons. The van der Waals surface area contributed by atoms with Crippen LogP contribution in [0.1, 0.15) is 58.4 Å². The van der Waals surface area contributed by atoms with Crippen molar-refractivity contribution in [1.29, 1.82) is 0 Å². The van der Waals surface area contributed by atoms with Gasteiger partial charge in [0.25, 0.3) is 0 Å². The van der Waals surface area contributed by atoms with Gasteiger partial charge < -0.3 is 4.74 Å². The number of carbonyl (C=O) groups excluding carboxylic acids is 1. The van der Waals surface area contributed by atoms with E-state index in [9.17, 15) is 9.18 Å². The van der Waals surface area contributed by atoms with Crippen molar-refractivity contribution in [2.45, 2.75) is 88.3 Å². The van der Waals surface area contributed by atoms with Crippen LogP contribution in [0.5, 0.6) is 17.6 Å². The molecular formula is C41H42F3N6O6Tl. The summed E-state index contributed by atoms with van der Waals surface area (Å²) in [6, 6.07) is 5.26. The molecule has 4 saturated heterocycles. The molecule has 16 heteroatoms. The molecule has 0 saturated carbocycles. The van der Waals surface area contributed by atoms with Gasteiger partial charge in [0.05, 0.1) is 11.6 Å². The number of ether oxygens (including phenoxy) is 5. The molecule has 57 heavy (non-hydrogen) atoms. The van der Waals surface area contributed by atoms with Crippen LogP contribution < -0.4 is 19.1 Å². The molecule has 7 heterocycles. The summed E-state index contributed by atoms with van der Waals surface area (Å²) >= 11 is 0.263. The van der Waals surface area contributed by atoms with Crippen LogP contribution in [-0.2, 0) is 9.47 Å². The van der Waals surface area contributed by atoms with Crippen molar-refractivity contribution in [2.24, 2.45) is 0 Å². The normalized spacial score (nSPS) is 25.1. The van der Waals surface area contributed by atoms with Crippen LogP contribution in [0, 0.1) is 21.0 Å². The molecule has 2 aromatic carbocycles. The molecule has 0 spiro atoms.